The fraction of sp³-hybridized carbons (Fsp3) is 0.167. The molecule has 2 aromatic carbocycles. The second-order valence-corrected chi connectivity index (χ2v) is 3.28. The van der Waals surface area contributed by atoms with Gasteiger partial charge in [-0.1, -0.05) is 36.4 Å². The predicted octanol–water partition coefficient (Wildman–Crippen LogP) is 2.54. The third kappa shape index (κ3) is 1.44. The Bertz CT molecular complexity index is 432. The molecular weight excluding hydrogens is 172 g/mol. The first-order valence-electron chi connectivity index (χ1n) is 4.83. The lowest BCUT2D eigenvalue weighted by molar-refractivity contribution is 0.897. The van der Waals surface area contributed by atoms with Gasteiger partial charge in [0.1, 0.15) is 0 Å². The zero-order chi connectivity index (χ0) is 9.97. The summed E-state index contributed by atoms with van der Waals surface area (Å²) in [5.74, 6) is 5.89. The fourth-order valence-electron chi connectivity index (χ4n) is 1.63. The fourth-order valence-corrected chi connectivity index (χ4v) is 1.63. The number of hydrogen-bond donors (Lipinski definition) is 1. The Morgan fingerprint density at radius 2 is 1.79 bits per heavy atom. The molecule has 0 saturated carbocycles. The zero-order valence-electron chi connectivity index (χ0n) is 8.27. The Morgan fingerprint density at radius 3 is 2.57 bits per heavy atom. The number of benzene rings is 2. The van der Waals surface area contributed by atoms with Gasteiger partial charge in [0.25, 0.3) is 0 Å². The second kappa shape index (κ2) is 3.68. The quantitative estimate of drug-likeness (QED) is 0.577. The largest absolute Gasteiger partial charge is 0.311 e. The van der Waals surface area contributed by atoms with Gasteiger partial charge < -0.3 is 5.01 Å². The minimum Gasteiger partial charge on any atom is -0.311 e. The van der Waals surface area contributed by atoms with Crippen LogP contribution in [0.5, 0.6) is 0 Å². The van der Waals surface area contributed by atoms with Crippen molar-refractivity contribution in [2.24, 2.45) is 5.84 Å². The lowest BCUT2D eigenvalue weighted by Crippen LogP contribution is -2.30. The van der Waals surface area contributed by atoms with Crippen molar-refractivity contribution in [3.63, 3.8) is 0 Å². The van der Waals surface area contributed by atoms with Crippen molar-refractivity contribution < 1.29 is 0 Å². The highest BCUT2D eigenvalue weighted by Crippen LogP contribution is 2.24. The molecule has 14 heavy (non-hydrogen) atoms. The highest BCUT2D eigenvalue weighted by Gasteiger charge is 2.02. The Hall–Kier alpha value is -1.54. The van der Waals surface area contributed by atoms with Gasteiger partial charge >= 0.3 is 0 Å². The molecule has 2 heteroatoms. The van der Waals surface area contributed by atoms with E-state index in [2.05, 4.69) is 18.2 Å². The first kappa shape index (κ1) is 9.03. The average molecular weight is 186 g/mol. The molecule has 2 nitrogen and oxygen atoms in total. The molecule has 0 unspecified atom stereocenters. The summed E-state index contributed by atoms with van der Waals surface area (Å²) in [7, 11) is 0. The number of anilines is 1. The number of rotatable bonds is 2. The standard InChI is InChI=1S/C12H14N2/c1-2-14(13)12-9-5-7-10-6-3-4-8-11(10)12/h3-9H,2,13H2,1H3. The van der Waals surface area contributed by atoms with Crippen LogP contribution in [0.2, 0.25) is 0 Å². The number of nitrogens with two attached hydrogens (primary N) is 1. The molecule has 0 heterocycles. The summed E-state index contributed by atoms with van der Waals surface area (Å²) in [6, 6.07) is 14.5. The highest BCUT2D eigenvalue weighted by molar-refractivity contribution is 5.93. The van der Waals surface area contributed by atoms with Crippen LogP contribution in [0.1, 0.15) is 6.92 Å². The first-order chi connectivity index (χ1) is 6.83. The Balaban J connectivity index is 2.65. The van der Waals surface area contributed by atoms with E-state index in [9.17, 15) is 0 Å². The minimum atomic E-state index is 0.813. The molecule has 0 bridgehead atoms. The lowest BCUT2D eigenvalue weighted by Gasteiger charge is -2.18. The molecule has 0 aliphatic rings. The Labute approximate surface area is 83.9 Å². The van der Waals surface area contributed by atoms with Crippen molar-refractivity contribution in [2.75, 3.05) is 11.6 Å². The van der Waals surface area contributed by atoms with Crippen LogP contribution in [0.3, 0.4) is 0 Å². The minimum absolute atomic E-state index is 0.813. The summed E-state index contributed by atoms with van der Waals surface area (Å²) in [4.78, 5) is 0. The topological polar surface area (TPSA) is 29.3 Å². The molecule has 0 aliphatic carbocycles. The van der Waals surface area contributed by atoms with Gasteiger partial charge in [-0.05, 0) is 18.4 Å². The zero-order valence-corrected chi connectivity index (χ0v) is 8.27. The maximum Gasteiger partial charge on any atom is 0.0595 e. The molecule has 2 aromatic rings. The van der Waals surface area contributed by atoms with E-state index in [1.54, 1.807) is 5.01 Å². The van der Waals surface area contributed by atoms with Crippen LogP contribution in [0.15, 0.2) is 42.5 Å². The second-order valence-electron chi connectivity index (χ2n) is 3.28. The molecule has 2 rings (SSSR count). The van der Waals surface area contributed by atoms with E-state index in [-0.39, 0.29) is 0 Å². The van der Waals surface area contributed by atoms with E-state index in [1.807, 2.05) is 31.2 Å². The van der Waals surface area contributed by atoms with Crippen LogP contribution >= 0.6 is 0 Å². The van der Waals surface area contributed by atoms with E-state index < -0.39 is 0 Å². The molecule has 0 aliphatic heterocycles. The summed E-state index contributed by atoms with van der Waals surface area (Å²) in [6.45, 7) is 2.86. The summed E-state index contributed by atoms with van der Waals surface area (Å²) in [5, 5.41) is 4.20. The molecular formula is C12H14N2. The van der Waals surface area contributed by atoms with E-state index in [1.165, 1.54) is 10.8 Å². The Morgan fingerprint density at radius 1 is 1.07 bits per heavy atom. The van der Waals surface area contributed by atoms with E-state index in [0.717, 1.165) is 12.2 Å². The van der Waals surface area contributed by atoms with Crippen molar-refractivity contribution in [3.8, 4) is 0 Å². The maximum atomic E-state index is 5.89. The molecule has 0 atom stereocenters. The van der Waals surface area contributed by atoms with Crippen LogP contribution in [-0.4, -0.2) is 6.54 Å². The first-order valence-corrected chi connectivity index (χ1v) is 4.83. The van der Waals surface area contributed by atoms with Crippen LogP contribution in [0, 0.1) is 0 Å². The van der Waals surface area contributed by atoms with Crippen molar-refractivity contribution >= 4 is 16.5 Å². The van der Waals surface area contributed by atoms with E-state index in [4.69, 9.17) is 5.84 Å². The van der Waals surface area contributed by atoms with Gasteiger partial charge in [-0.3, -0.25) is 0 Å². The van der Waals surface area contributed by atoms with Crippen molar-refractivity contribution in [1.82, 2.24) is 0 Å². The smallest absolute Gasteiger partial charge is 0.0595 e. The summed E-state index contributed by atoms with van der Waals surface area (Å²) < 4.78 is 0. The van der Waals surface area contributed by atoms with Gasteiger partial charge in [0, 0.05) is 11.9 Å². The van der Waals surface area contributed by atoms with Gasteiger partial charge in [0.15, 0.2) is 0 Å². The van der Waals surface area contributed by atoms with Crippen molar-refractivity contribution in [1.29, 1.82) is 0 Å². The molecule has 0 amide bonds. The van der Waals surface area contributed by atoms with Crippen molar-refractivity contribution in [2.45, 2.75) is 6.92 Å². The lowest BCUT2D eigenvalue weighted by atomic mass is 10.1. The van der Waals surface area contributed by atoms with Gasteiger partial charge in [0.2, 0.25) is 0 Å². The van der Waals surface area contributed by atoms with Crippen LogP contribution < -0.4 is 10.9 Å². The van der Waals surface area contributed by atoms with Gasteiger partial charge in [-0.15, -0.1) is 0 Å². The molecule has 0 spiro atoms. The third-order valence-electron chi connectivity index (χ3n) is 2.42. The van der Waals surface area contributed by atoms with Gasteiger partial charge in [0.05, 0.1) is 5.69 Å². The van der Waals surface area contributed by atoms with E-state index >= 15 is 0 Å². The van der Waals surface area contributed by atoms with Crippen LogP contribution in [0.25, 0.3) is 10.8 Å². The monoisotopic (exact) mass is 186 g/mol. The van der Waals surface area contributed by atoms with Crippen LogP contribution in [0.4, 0.5) is 5.69 Å². The summed E-state index contributed by atoms with van der Waals surface area (Å²) in [6.07, 6.45) is 0. The van der Waals surface area contributed by atoms with E-state index in [0.29, 0.717) is 0 Å². The molecule has 0 saturated heterocycles. The SMILES string of the molecule is CCN(N)c1cccc2ccccc12. The molecule has 0 radical (unpaired) electrons. The number of nitrogens with zero attached hydrogens (tertiary/aromatic N) is 1. The normalized spacial score (nSPS) is 10.4. The molecule has 2 N–H and O–H groups in total. The molecule has 0 aromatic heterocycles. The Kier molecular flexibility index (Phi) is 2.37. The van der Waals surface area contributed by atoms with Gasteiger partial charge in [-0.25, -0.2) is 5.84 Å². The van der Waals surface area contributed by atoms with Crippen molar-refractivity contribution in [3.05, 3.63) is 42.5 Å². The predicted molar refractivity (Wildman–Crippen MR) is 61.2 cm³/mol. The number of hydrogen-bond acceptors (Lipinski definition) is 2. The molecule has 72 valence electrons. The summed E-state index contributed by atoms with van der Waals surface area (Å²) >= 11 is 0. The summed E-state index contributed by atoms with van der Waals surface area (Å²) in [5.41, 5.74) is 1.09. The number of fused-ring (bicyclic) bond motifs is 1. The average Bonchev–Trinajstić information content (AvgIpc) is 2.27. The number of hydrazine groups is 1. The van der Waals surface area contributed by atoms with Crippen LogP contribution in [-0.2, 0) is 0 Å². The third-order valence-corrected chi connectivity index (χ3v) is 2.42. The highest BCUT2D eigenvalue weighted by atomic mass is 15.4. The molecule has 0 fully saturated rings. The van der Waals surface area contributed by atoms with Gasteiger partial charge in [-0.2, -0.15) is 0 Å². The maximum absolute atomic E-state index is 5.89.